The number of ether oxygens (including phenoxy) is 2. The second kappa shape index (κ2) is 18.6. The molecule has 1 aliphatic rings. The highest BCUT2D eigenvalue weighted by Crippen LogP contribution is 2.55. The number of hydrogen-bond donors (Lipinski definition) is 0. The average molecular weight is 655 g/mol. The quantitative estimate of drug-likeness (QED) is 0.0697. The van der Waals surface area contributed by atoms with Gasteiger partial charge in [-0.25, -0.2) is 0 Å². The zero-order valence-corrected chi connectivity index (χ0v) is 30.6. The normalized spacial score (nSPS) is 13.2. The van der Waals surface area contributed by atoms with Crippen molar-refractivity contribution >= 4 is 24.3 Å². The van der Waals surface area contributed by atoms with Crippen LogP contribution in [0.4, 0.5) is 0 Å². The van der Waals surface area contributed by atoms with Crippen molar-refractivity contribution in [2.24, 2.45) is 0 Å². The van der Waals surface area contributed by atoms with Crippen LogP contribution in [0.1, 0.15) is 137 Å². The summed E-state index contributed by atoms with van der Waals surface area (Å²) < 4.78 is 10.8. The lowest BCUT2D eigenvalue weighted by atomic mass is 9.70. The van der Waals surface area contributed by atoms with Gasteiger partial charge in [0.2, 0.25) is 0 Å². The Morgan fingerprint density at radius 2 is 0.776 bits per heavy atom. The van der Waals surface area contributed by atoms with Crippen LogP contribution in [0.3, 0.4) is 0 Å². The number of hydrogen-bond acceptors (Lipinski definition) is 2. The van der Waals surface area contributed by atoms with Crippen molar-refractivity contribution in [3.8, 4) is 22.6 Å². The van der Waals surface area contributed by atoms with Crippen LogP contribution >= 0.6 is 0 Å². The molecule has 0 aromatic heterocycles. The van der Waals surface area contributed by atoms with E-state index in [9.17, 15) is 0 Å². The minimum absolute atomic E-state index is 0.0358. The SMILES string of the molecule is CCCCCCCCC1(CCCCCCCC)c2cc(C=Cc3ccc(OC)cc3)ccc2-c2ccc(C=Cc3ccc(OC)cc3)cc21. The van der Waals surface area contributed by atoms with Gasteiger partial charge in [0.1, 0.15) is 11.5 Å². The number of fused-ring (bicyclic) bond motifs is 3. The van der Waals surface area contributed by atoms with E-state index in [1.807, 2.05) is 24.3 Å². The van der Waals surface area contributed by atoms with Crippen LogP contribution in [0.2, 0.25) is 0 Å². The molecule has 0 N–H and O–H groups in total. The molecule has 49 heavy (non-hydrogen) atoms. The lowest BCUT2D eigenvalue weighted by Crippen LogP contribution is -2.25. The van der Waals surface area contributed by atoms with Crippen molar-refractivity contribution in [2.45, 2.75) is 109 Å². The molecular formula is C47H58O2. The molecule has 0 heterocycles. The molecule has 0 atom stereocenters. The van der Waals surface area contributed by atoms with Gasteiger partial charge in [0, 0.05) is 5.41 Å². The van der Waals surface area contributed by atoms with Crippen LogP contribution in [0.5, 0.6) is 11.5 Å². The fourth-order valence-corrected chi connectivity index (χ4v) is 7.63. The maximum Gasteiger partial charge on any atom is 0.118 e. The fourth-order valence-electron chi connectivity index (χ4n) is 7.63. The first-order chi connectivity index (χ1) is 24.1. The summed E-state index contributed by atoms with van der Waals surface area (Å²) >= 11 is 0. The Morgan fingerprint density at radius 3 is 1.16 bits per heavy atom. The molecule has 0 bridgehead atoms. The molecule has 0 saturated heterocycles. The molecule has 2 heteroatoms. The number of methoxy groups -OCH3 is 2. The van der Waals surface area contributed by atoms with Crippen molar-refractivity contribution in [1.29, 1.82) is 0 Å². The summed E-state index contributed by atoms with van der Waals surface area (Å²) in [4.78, 5) is 0. The van der Waals surface area contributed by atoms with Crippen molar-refractivity contribution in [3.63, 3.8) is 0 Å². The predicted octanol–water partition coefficient (Wildman–Crippen LogP) is 13.8. The third-order valence-electron chi connectivity index (χ3n) is 10.5. The first-order valence-electron chi connectivity index (χ1n) is 19.0. The third kappa shape index (κ3) is 9.56. The first-order valence-corrected chi connectivity index (χ1v) is 19.0. The van der Waals surface area contributed by atoms with Crippen LogP contribution in [-0.4, -0.2) is 14.2 Å². The maximum atomic E-state index is 5.38. The van der Waals surface area contributed by atoms with E-state index in [0.717, 1.165) is 11.5 Å². The summed E-state index contributed by atoms with van der Waals surface area (Å²) in [6, 6.07) is 31.1. The van der Waals surface area contributed by atoms with Crippen LogP contribution in [0.15, 0.2) is 84.9 Å². The van der Waals surface area contributed by atoms with Crippen LogP contribution in [0.25, 0.3) is 35.4 Å². The minimum atomic E-state index is 0.0358. The molecule has 0 unspecified atom stereocenters. The van der Waals surface area contributed by atoms with Gasteiger partial charge in [0.25, 0.3) is 0 Å². The topological polar surface area (TPSA) is 18.5 Å². The van der Waals surface area contributed by atoms with E-state index in [4.69, 9.17) is 9.47 Å². The molecular weight excluding hydrogens is 597 g/mol. The molecule has 258 valence electrons. The molecule has 0 saturated carbocycles. The number of rotatable bonds is 20. The second-order valence-electron chi connectivity index (χ2n) is 13.9. The second-order valence-corrected chi connectivity index (χ2v) is 13.9. The average Bonchev–Trinajstić information content (AvgIpc) is 3.41. The standard InChI is InChI=1S/C47H58O2/c1-5-7-9-11-13-15-33-47(34-16-14-12-10-8-6-2)45-35-39(19-17-37-21-27-41(48-3)28-22-37)25-31-43(45)44-32-26-40(36-46(44)47)20-18-38-23-29-42(49-4)30-24-38/h17-32,35-36H,5-16,33-34H2,1-4H3. The third-order valence-corrected chi connectivity index (χ3v) is 10.5. The van der Waals surface area contributed by atoms with Gasteiger partial charge < -0.3 is 9.47 Å². The van der Waals surface area contributed by atoms with Gasteiger partial charge in [-0.05, 0) is 81.6 Å². The Hall–Kier alpha value is -4.04. The van der Waals surface area contributed by atoms with Crippen LogP contribution < -0.4 is 9.47 Å². The predicted molar refractivity (Wildman–Crippen MR) is 212 cm³/mol. The largest absolute Gasteiger partial charge is 0.497 e. The molecule has 0 spiro atoms. The van der Waals surface area contributed by atoms with Gasteiger partial charge in [-0.2, -0.15) is 0 Å². The lowest BCUT2D eigenvalue weighted by Gasteiger charge is -2.33. The van der Waals surface area contributed by atoms with Crippen LogP contribution in [0, 0.1) is 0 Å². The van der Waals surface area contributed by atoms with E-state index in [1.54, 1.807) is 14.2 Å². The Labute approximate surface area is 297 Å². The molecule has 2 nitrogen and oxygen atoms in total. The molecule has 0 radical (unpaired) electrons. The highest BCUT2D eigenvalue weighted by atomic mass is 16.5. The lowest BCUT2D eigenvalue weighted by molar-refractivity contribution is 0.398. The summed E-state index contributed by atoms with van der Waals surface area (Å²) in [5, 5.41) is 0. The van der Waals surface area contributed by atoms with Crippen molar-refractivity contribution in [3.05, 3.63) is 118 Å². The van der Waals surface area contributed by atoms with Gasteiger partial charge in [-0.1, -0.05) is 176 Å². The molecule has 1 aliphatic carbocycles. The Morgan fingerprint density at radius 1 is 0.429 bits per heavy atom. The Bertz CT molecular complexity index is 1520. The first kappa shape index (κ1) is 36.2. The molecule has 0 amide bonds. The smallest absolute Gasteiger partial charge is 0.118 e. The highest BCUT2D eigenvalue weighted by molar-refractivity contribution is 5.85. The van der Waals surface area contributed by atoms with E-state index >= 15 is 0 Å². The van der Waals surface area contributed by atoms with Gasteiger partial charge in [-0.15, -0.1) is 0 Å². The van der Waals surface area contributed by atoms with Crippen molar-refractivity contribution in [1.82, 2.24) is 0 Å². The zero-order valence-electron chi connectivity index (χ0n) is 30.6. The van der Waals surface area contributed by atoms with E-state index in [2.05, 4.69) is 98.8 Å². The molecule has 0 fully saturated rings. The molecule has 5 rings (SSSR count). The maximum absolute atomic E-state index is 5.38. The monoisotopic (exact) mass is 654 g/mol. The van der Waals surface area contributed by atoms with Gasteiger partial charge in [-0.3, -0.25) is 0 Å². The summed E-state index contributed by atoms with van der Waals surface area (Å²) in [6.45, 7) is 4.62. The van der Waals surface area contributed by atoms with E-state index in [-0.39, 0.29) is 5.41 Å². The Balaban J connectivity index is 1.50. The summed E-state index contributed by atoms with van der Waals surface area (Å²) in [5.41, 5.74) is 10.9. The molecule has 4 aromatic carbocycles. The number of benzene rings is 4. The van der Waals surface area contributed by atoms with Gasteiger partial charge >= 0.3 is 0 Å². The van der Waals surface area contributed by atoms with E-state index in [0.29, 0.717) is 0 Å². The Kier molecular flexibility index (Phi) is 13.8. The summed E-state index contributed by atoms with van der Waals surface area (Å²) in [5.74, 6) is 1.78. The summed E-state index contributed by atoms with van der Waals surface area (Å²) in [7, 11) is 3.44. The minimum Gasteiger partial charge on any atom is -0.497 e. The van der Waals surface area contributed by atoms with Crippen LogP contribution in [-0.2, 0) is 5.41 Å². The van der Waals surface area contributed by atoms with Gasteiger partial charge in [0.05, 0.1) is 14.2 Å². The molecule has 0 aliphatic heterocycles. The van der Waals surface area contributed by atoms with Gasteiger partial charge in [0.15, 0.2) is 0 Å². The van der Waals surface area contributed by atoms with E-state index in [1.165, 1.54) is 134 Å². The van der Waals surface area contributed by atoms with Crippen molar-refractivity contribution in [2.75, 3.05) is 14.2 Å². The van der Waals surface area contributed by atoms with E-state index < -0.39 is 0 Å². The molecule has 4 aromatic rings. The van der Waals surface area contributed by atoms with Crippen molar-refractivity contribution < 1.29 is 9.47 Å². The highest BCUT2D eigenvalue weighted by Gasteiger charge is 2.42. The summed E-state index contributed by atoms with van der Waals surface area (Å²) in [6.07, 6.45) is 27.3. The number of unbranched alkanes of at least 4 members (excludes halogenated alkanes) is 10. The zero-order chi connectivity index (χ0) is 34.3. The fraction of sp³-hybridized carbons (Fsp3) is 0.404.